The molecule has 0 fully saturated rings. The third-order valence-corrected chi connectivity index (χ3v) is 7.96. The van der Waals surface area contributed by atoms with Crippen molar-refractivity contribution in [2.45, 2.75) is 12.1 Å². The van der Waals surface area contributed by atoms with E-state index in [1.165, 1.54) is 44.8 Å². The van der Waals surface area contributed by atoms with Crippen LogP contribution in [0.15, 0.2) is 170 Å². The lowest BCUT2D eigenvalue weighted by Crippen LogP contribution is -2.26. The Balaban J connectivity index is 1.49. The van der Waals surface area contributed by atoms with Crippen molar-refractivity contribution >= 4 is 17.7 Å². The molecule has 2 nitrogen and oxygen atoms in total. The molecule has 0 saturated heterocycles. The molecule has 2 heteroatoms. The van der Waals surface area contributed by atoms with Gasteiger partial charge in [-0.1, -0.05) is 158 Å². The van der Waals surface area contributed by atoms with Gasteiger partial charge in [-0.25, -0.2) is 9.48 Å². The lowest BCUT2D eigenvalue weighted by molar-refractivity contribution is -0.480. The molecule has 0 spiro atoms. The summed E-state index contributed by atoms with van der Waals surface area (Å²) in [6.07, 6.45) is 2.33. The highest BCUT2D eigenvalue weighted by atomic mass is 15.3. The van der Waals surface area contributed by atoms with Crippen LogP contribution in [0.4, 0.5) is 11.4 Å². The van der Waals surface area contributed by atoms with Gasteiger partial charge >= 0.3 is 0 Å². The van der Waals surface area contributed by atoms with Gasteiger partial charge in [-0.2, -0.15) is 0 Å². The van der Waals surface area contributed by atoms with Gasteiger partial charge in [-0.3, -0.25) is 0 Å². The molecule has 1 aliphatic rings. The molecule has 0 amide bonds. The Morgan fingerprint density at radius 2 is 0.878 bits per heavy atom. The average Bonchev–Trinajstić information content (AvgIpc) is 3.47. The van der Waals surface area contributed by atoms with Gasteiger partial charge in [-0.15, -0.1) is 0 Å². The highest BCUT2D eigenvalue weighted by Gasteiger charge is 2.46. The SMILES string of the molecule is C1=[N+](c2ccccc2-c2ccccc2)[C@@H](c2ccccc2)[C@H](c2ccccc2)N1c1ccccc1-c1ccccc1. The monoisotopic (exact) mass is 527 g/mol. The Hall–Kier alpha value is -5.21. The Kier molecular flexibility index (Phi) is 6.72. The fourth-order valence-electron chi connectivity index (χ4n) is 6.11. The number of anilines is 1. The number of para-hydroxylation sites is 2. The standard InChI is InChI=1S/C39H31N2/c1-5-17-30(18-6-1)34-25-13-15-27-36(34)40-29-41(37-28-16-14-26-35(37)31-19-7-2-8-20-31)39(33-23-11-4-12-24-33)38(40)32-21-9-3-10-22-32/h1-29,38-39H/q+1/t38-,39-/m0/s1. The molecule has 1 aliphatic heterocycles. The van der Waals surface area contributed by atoms with Crippen LogP contribution in [0.5, 0.6) is 0 Å². The zero-order valence-corrected chi connectivity index (χ0v) is 22.8. The predicted molar refractivity (Wildman–Crippen MR) is 171 cm³/mol. The van der Waals surface area contributed by atoms with E-state index in [9.17, 15) is 0 Å². The molecule has 0 radical (unpaired) electrons. The van der Waals surface area contributed by atoms with Crippen LogP contribution in [0.3, 0.4) is 0 Å². The van der Waals surface area contributed by atoms with Gasteiger partial charge in [0.25, 0.3) is 0 Å². The summed E-state index contributed by atoms with van der Waals surface area (Å²) < 4.78 is 2.48. The van der Waals surface area contributed by atoms with Crippen LogP contribution in [0.1, 0.15) is 23.2 Å². The summed E-state index contributed by atoms with van der Waals surface area (Å²) >= 11 is 0. The van der Waals surface area contributed by atoms with Crippen molar-refractivity contribution < 1.29 is 4.58 Å². The number of nitrogens with zero attached hydrogens (tertiary/aromatic N) is 2. The first kappa shape index (κ1) is 24.8. The molecule has 0 N–H and O–H groups in total. The molecular weight excluding hydrogens is 496 g/mol. The summed E-state index contributed by atoms with van der Waals surface area (Å²) in [5, 5.41) is 0. The minimum absolute atomic E-state index is 0.0484. The van der Waals surface area contributed by atoms with Crippen LogP contribution < -0.4 is 4.90 Å². The third-order valence-electron chi connectivity index (χ3n) is 7.96. The smallest absolute Gasteiger partial charge is 0.221 e. The molecule has 1 heterocycles. The molecule has 2 atom stereocenters. The molecule has 0 saturated carbocycles. The number of benzene rings is 6. The molecular formula is C39H31N2+. The first-order chi connectivity index (χ1) is 20.4. The van der Waals surface area contributed by atoms with Crippen molar-refractivity contribution in [2.24, 2.45) is 0 Å². The summed E-state index contributed by atoms with van der Waals surface area (Å²) in [6.45, 7) is 0. The van der Waals surface area contributed by atoms with Crippen molar-refractivity contribution in [3.63, 3.8) is 0 Å². The maximum absolute atomic E-state index is 2.48. The second-order valence-corrected chi connectivity index (χ2v) is 10.4. The van der Waals surface area contributed by atoms with Crippen LogP contribution in [0.25, 0.3) is 22.3 Å². The number of hydrogen-bond acceptors (Lipinski definition) is 1. The van der Waals surface area contributed by atoms with Crippen molar-refractivity contribution in [2.75, 3.05) is 4.90 Å². The summed E-state index contributed by atoms with van der Waals surface area (Å²) in [5.74, 6) is 0. The van der Waals surface area contributed by atoms with E-state index in [4.69, 9.17) is 0 Å². The largest absolute Gasteiger partial charge is 0.245 e. The third kappa shape index (κ3) is 4.74. The molecule has 0 unspecified atom stereocenters. The first-order valence-electron chi connectivity index (χ1n) is 14.2. The van der Waals surface area contributed by atoms with Crippen molar-refractivity contribution in [1.29, 1.82) is 0 Å². The summed E-state index contributed by atoms with van der Waals surface area (Å²) in [4.78, 5) is 2.48. The van der Waals surface area contributed by atoms with E-state index in [1.807, 2.05) is 0 Å². The lowest BCUT2D eigenvalue weighted by Gasteiger charge is -2.25. The van der Waals surface area contributed by atoms with Crippen molar-refractivity contribution in [1.82, 2.24) is 0 Å². The molecule has 0 bridgehead atoms. The number of hydrogen-bond donors (Lipinski definition) is 0. The Labute approximate surface area is 242 Å². The van der Waals surface area contributed by atoms with Crippen molar-refractivity contribution in [3.05, 3.63) is 181 Å². The van der Waals surface area contributed by atoms with Crippen LogP contribution in [0.2, 0.25) is 0 Å². The molecule has 7 rings (SSSR count). The van der Waals surface area contributed by atoms with E-state index in [2.05, 4.69) is 186 Å². The van der Waals surface area contributed by atoms with Gasteiger partial charge in [0, 0.05) is 22.3 Å². The fraction of sp³-hybridized carbons (Fsp3) is 0.0513. The number of rotatable bonds is 6. The maximum atomic E-state index is 2.48. The van der Waals surface area contributed by atoms with Crippen LogP contribution >= 0.6 is 0 Å². The lowest BCUT2D eigenvalue weighted by atomic mass is 9.91. The van der Waals surface area contributed by atoms with Crippen molar-refractivity contribution in [3.8, 4) is 22.3 Å². The first-order valence-corrected chi connectivity index (χ1v) is 14.2. The van der Waals surface area contributed by atoms with E-state index in [-0.39, 0.29) is 12.1 Å². The van der Waals surface area contributed by atoms with E-state index >= 15 is 0 Å². The Bertz CT molecular complexity index is 1780. The van der Waals surface area contributed by atoms with Gasteiger partial charge in [0.05, 0.1) is 0 Å². The van der Waals surface area contributed by atoms with Gasteiger partial charge in [0.1, 0.15) is 11.4 Å². The average molecular weight is 528 g/mol. The highest BCUT2D eigenvalue weighted by Crippen LogP contribution is 2.48. The van der Waals surface area contributed by atoms with Gasteiger partial charge in [0.2, 0.25) is 6.34 Å². The summed E-state index contributed by atoms with van der Waals surface area (Å²) in [5.41, 5.74) is 9.79. The minimum atomic E-state index is 0.0484. The van der Waals surface area contributed by atoms with Crippen LogP contribution in [-0.2, 0) is 0 Å². The summed E-state index contributed by atoms with van der Waals surface area (Å²) in [7, 11) is 0. The predicted octanol–water partition coefficient (Wildman–Crippen LogP) is 9.70. The van der Waals surface area contributed by atoms with Crippen LogP contribution in [0, 0.1) is 0 Å². The van der Waals surface area contributed by atoms with E-state index < -0.39 is 0 Å². The highest BCUT2D eigenvalue weighted by molar-refractivity contribution is 5.90. The van der Waals surface area contributed by atoms with E-state index in [1.54, 1.807) is 0 Å². The molecule has 0 aliphatic carbocycles. The maximum Gasteiger partial charge on any atom is 0.245 e. The molecule has 196 valence electrons. The second kappa shape index (κ2) is 11.1. The minimum Gasteiger partial charge on any atom is -0.221 e. The van der Waals surface area contributed by atoms with Gasteiger partial charge in [-0.05, 0) is 23.3 Å². The zero-order valence-electron chi connectivity index (χ0n) is 22.8. The molecule has 0 aromatic heterocycles. The summed E-state index contributed by atoms with van der Waals surface area (Å²) in [6, 6.07) is 60.9. The Morgan fingerprint density at radius 3 is 1.51 bits per heavy atom. The van der Waals surface area contributed by atoms with Crippen LogP contribution in [-0.4, -0.2) is 10.9 Å². The Morgan fingerprint density at radius 1 is 0.415 bits per heavy atom. The quantitative estimate of drug-likeness (QED) is 0.195. The molecule has 41 heavy (non-hydrogen) atoms. The van der Waals surface area contributed by atoms with E-state index in [0.717, 1.165) is 0 Å². The fourth-order valence-corrected chi connectivity index (χ4v) is 6.11. The zero-order chi connectivity index (χ0) is 27.4. The topological polar surface area (TPSA) is 6.25 Å². The van der Waals surface area contributed by atoms with Gasteiger partial charge < -0.3 is 0 Å². The van der Waals surface area contributed by atoms with Gasteiger partial charge in [0.15, 0.2) is 12.1 Å². The molecule has 6 aromatic carbocycles. The van der Waals surface area contributed by atoms with E-state index in [0.29, 0.717) is 0 Å². The normalized spacial score (nSPS) is 16.4. The molecule has 6 aromatic rings. The second-order valence-electron chi connectivity index (χ2n) is 10.4.